The van der Waals surface area contributed by atoms with E-state index in [4.69, 9.17) is 10.8 Å². The van der Waals surface area contributed by atoms with Crippen LogP contribution in [0.5, 0.6) is 0 Å². The van der Waals surface area contributed by atoms with Gasteiger partial charge in [0.1, 0.15) is 18.6 Å². The van der Waals surface area contributed by atoms with E-state index in [1.54, 1.807) is 6.08 Å². The lowest BCUT2D eigenvalue weighted by atomic mass is 10.1. The van der Waals surface area contributed by atoms with E-state index in [1.165, 1.54) is 11.8 Å². The zero-order valence-corrected chi connectivity index (χ0v) is 14.5. The first-order chi connectivity index (χ1) is 11.8. The molecule has 1 aliphatic carbocycles. The molecule has 0 aromatic carbocycles. The van der Waals surface area contributed by atoms with Crippen molar-refractivity contribution in [2.75, 3.05) is 18.9 Å². The molecule has 0 spiro atoms. The lowest BCUT2D eigenvalue weighted by molar-refractivity contribution is -0.143. The van der Waals surface area contributed by atoms with E-state index in [9.17, 15) is 19.5 Å². The molecule has 2 rings (SSSR count). The number of rotatable bonds is 5. The Labute approximate surface area is 149 Å². The van der Waals surface area contributed by atoms with Gasteiger partial charge in [0.2, 0.25) is 5.91 Å². The molecule has 0 bridgehead atoms. The van der Waals surface area contributed by atoms with Crippen molar-refractivity contribution in [1.82, 2.24) is 10.2 Å². The second kappa shape index (κ2) is 8.32. The summed E-state index contributed by atoms with van der Waals surface area (Å²) in [7, 11) is 0. The number of hydrogen-bond acceptors (Lipinski definition) is 6. The van der Waals surface area contributed by atoms with Crippen LogP contribution in [0.1, 0.15) is 6.92 Å². The Morgan fingerprint density at radius 1 is 1.44 bits per heavy atom. The highest BCUT2D eigenvalue weighted by Gasteiger charge is 2.34. The maximum Gasteiger partial charge on any atom is 0.323 e. The summed E-state index contributed by atoms with van der Waals surface area (Å²) < 4.78 is 0. The fourth-order valence-corrected chi connectivity index (χ4v) is 3.45. The Kier molecular flexibility index (Phi) is 6.40. The number of thioether (sulfide) groups is 1. The molecule has 136 valence electrons. The lowest BCUT2D eigenvalue weighted by Crippen LogP contribution is -2.54. The number of nitrogens with zero attached hydrogens (tertiary/aromatic N) is 1. The minimum atomic E-state index is -1.15. The highest BCUT2D eigenvalue weighted by molar-refractivity contribution is 8.03. The van der Waals surface area contributed by atoms with Crippen LogP contribution in [0.25, 0.3) is 0 Å². The summed E-state index contributed by atoms with van der Waals surface area (Å²) in [5.41, 5.74) is 5.97. The molecule has 8 nitrogen and oxygen atoms in total. The van der Waals surface area contributed by atoms with Crippen molar-refractivity contribution in [2.45, 2.75) is 19.0 Å². The van der Waals surface area contributed by atoms with Gasteiger partial charge in [-0.2, -0.15) is 0 Å². The number of carboxylic acid groups (broad SMARTS) is 1. The molecule has 25 heavy (non-hydrogen) atoms. The Morgan fingerprint density at radius 3 is 2.76 bits per heavy atom. The van der Waals surface area contributed by atoms with Gasteiger partial charge in [-0.3, -0.25) is 19.3 Å². The van der Waals surface area contributed by atoms with Crippen LogP contribution in [0, 0.1) is 5.92 Å². The van der Waals surface area contributed by atoms with E-state index >= 15 is 0 Å². The van der Waals surface area contributed by atoms with Crippen LogP contribution < -0.4 is 11.1 Å². The highest BCUT2D eigenvalue weighted by Crippen LogP contribution is 2.32. The molecule has 9 heteroatoms. The molecule has 2 aliphatic rings. The van der Waals surface area contributed by atoms with Crippen LogP contribution in [-0.4, -0.2) is 63.9 Å². The number of aliphatic carboxylic acids is 1. The molecule has 2 amide bonds. The number of carboxylic acids is 1. The monoisotopic (exact) mass is 367 g/mol. The predicted molar refractivity (Wildman–Crippen MR) is 93.3 cm³/mol. The maximum atomic E-state index is 12.8. The third-order valence-corrected chi connectivity index (χ3v) is 4.92. The van der Waals surface area contributed by atoms with Crippen LogP contribution in [-0.2, 0) is 14.4 Å². The summed E-state index contributed by atoms with van der Waals surface area (Å²) in [6.07, 6.45) is 7.42. The molecule has 1 heterocycles. The van der Waals surface area contributed by atoms with Crippen molar-refractivity contribution < 1.29 is 24.6 Å². The molecule has 5 N–H and O–H groups in total. The summed E-state index contributed by atoms with van der Waals surface area (Å²) >= 11 is 1.36. The normalized spacial score (nSPS) is 24.4. The first kappa shape index (κ1) is 19.2. The van der Waals surface area contributed by atoms with Gasteiger partial charge in [-0.15, -0.1) is 11.8 Å². The van der Waals surface area contributed by atoms with Crippen LogP contribution in [0.4, 0.5) is 0 Å². The van der Waals surface area contributed by atoms with Gasteiger partial charge in [-0.25, -0.2) is 0 Å². The van der Waals surface area contributed by atoms with Crippen molar-refractivity contribution >= 4 is 29.5 Å². The molecule has 0 aromatic heterocycles. The van der Waals surface area contributed by atoms with E-state index in [2.05, 4.69) is 5.32 Å². The van der Waals surface area contributed by atoms with Crippen molar-refractivity contribution in [3.05, 3.63) is 34.9 Å². The number of amides is 2. The summed E-state index contributed by atoms with van der Waals surface area (Å²) in [6.45, 7) is 0.923. The van der Waals surface area contributed by atoms with Crippen LogP contribution in [0.15, 0.2) is 34.9 Å². The lowest BCUT2D eigenvalue weighted by Gasteiger charge is -2.25. The van der Waals surface area contributed by atoms with Crippen LogP contribution >= 0.6 is 11.8 Å². The number of carbonyl (C=O) groups is 3. The van der Waals surface area contributed by atoms with E-state index in [0.717, 1.165) is 9.81 Å². The van der Waals surface area contributed by atoms with Gasteiger partial charge in [-0.05, 0) is 18.1 Å². The molecule has 3 atom stereocenters. The van der Waals surface area contributed by atoms with E-state index < -0.39 is 43.0 Å². The molecular weight excluding hydrogens is 346 g/mol. The minimum Gasteiger partial charge on any atom is -0.480 e. The summed E-state index contributed by atoms with van der Waals surface area (Å²) in [5, 5.41) is 20.6. The molecule has 0 saturated carbocycles. The highest BCUT2D eigenvalue weighted by atomic mass is 32.2. The first-order valence-corrected chi connectivity index (χ1v) is 8.75. The predicted octanol–water partition coefficient (Wildman–Crippen LogP) is -0.575. The van der Waals surface area contributed by atoms with Crippen LogP contribution in [0.2, 0.25) is 0 Å². The standard InChI is InChI=1S/C16H21N3O5S/c1-9-2-4-12-13(5-3-9)25-8-11(18-15(23)10(17)7-20)16(24)19(12)6-14(21)22/h2-5,9-11,20H,6-8,17H2,1H3,(H,18,23)(H,21,22)/t9?,10-,11+/m0/s1. The maximum absolute atomic E-state index is 12.8. The molecule has 0 aromatic rings. The zero-order chi connectivity index (χ0) is 18.6. The van der Waals surface area contributed by atoms with Gasteiger partial charge < -0.3 is 21.3 Å². The fraction of sp³-hybridized carbons (Fsp3) is 0.438. The van der Waals surface area contributed by atoms with Crippen molar-refractivity contribution in [3.8, 4) is 0 Å². The third kappa shape index (κ3) is 4.71. The molecule has 1 aliphatic heterocycles. The topological polar surface area (TPSA) is 133 Å². The molecule has 0 saturated heterocycles. The van der Waals surface area contributed by atoms with Gasteiger partial charge in [0.05, 0.1) is 12.3 Å². The number of aliphatic hydroxyl groups excluding tert-OH is 1. The largest absolute Gasteiger partial charge is 0.480 e. The first-order valence-electron chi connectivity index (χ1n) is 7.77. The Morgan fingerprint density at radius 2 is 2.12 bits per heavy atom. The Hall–Kier alpha value is -2.10. The number of nitrogens with one attached hydrogen (secondary N) is 1. The second-order valence-corrected chi connectivity index (χ2v) is 6.87. The smallest absolute Gasteiger partial charge is 0.323 e. The average molecular weight is 367 g/mol. The Bertz CT molecular complexity index is 658. The zero-order valence-electron chi connectivity index (χ0n) is 13.7. The van der Waals surface area contributed by atoms with Gasteiger partial charge in [0.15, 0.2) is 0 Å². The quantitative estimate of drug-likeness (QED) is 0.511. The number of hydrogen-bond donors (Lipinski definition) is 4. The number of allylic oxidation sites excluding steroid dienone is 4. The summed E-state index contributed by atoms with van der Waals surface area (Å²) in [4.78, 5) is 37.9. The van der Waals surface area contributed by atoms with E-state index in [1.807, 2.05) is 25.2 Å². The second-order valence-electron chi connectivity index (χ2n) is 5.81. The van der Waals surface area contributed by atoms with Gasteiger partial charge in [0.25, 0.3) is 5.91 Å². The average Bonchev–Trinajstić information content (AvgIpc) is 2.82. The van der Waals surface area contributed by atoms with Crippen molar-refractivity contribution in [2.24, 2.45) is 11.7 Å². The SMILES string of the molecule is CC1C=CC2=C(C=C1)N(CC(=O)O)C(=O)[C@H](NC(=O)[C@@H](N)CO)CS2. The van der Waals surface area contributed by atoms with Crippen molar-refractivity contribution in [1.29, 1.82) is 0 Å². The third-order valence-electron chi connectivity index (χ3n) is 3.77. The van der Waals surface area contributed by atoms with Crippen molar-refractivity contribution in [3.63, 3.8) is 0 Å². The Balaban J connectivity index is 2.31. The van der Waals surface area contributed by atoms with Gasteiger partial charge in [-0.1, -0.05) is 19.1 Å². The summed E-state index contributed by atoms with van der Waals surface area (Å²) in [6, 6.07) is -2.07. The van der Waals surface area contributed by atoms with Gasteiger partial charge >= 0.3 is 5.97 Å². The fourth-order valence-electron chi connectivity index (χ4n) is 2.37. The number of aliphatic hydroxyl groups is 1. The number of nitrogens with two attached hydrogens (primary N) is 1. The molecular formula is C16H21N3O5S. The molecule has 0 fully saturated rings. The number of carbonyl (C=O) groups excluding carboxylic acids is 2. The molecule has 1 unspecified atom stereocenters. The minimum absolute atomic E-state index is 0.160. The molecule has 0 radical (unpaired) electrons. The van der Waals surface area contributed by atoms with E-state index in [0.29, 0.717) is 5.70 Å². The van der Waals surface area contributed by atoms with Gasteiger partial charge in [0, 0.05) is 10.7 Å². The van der Waals surface area contributed by atoms with E-state index in [-0.39, 0.29) is 11.7 Å². The van der Waals surface area contributed by atoms with Crippen LogP contribution in [0.3, 0.4) is 0 Å². The summed E-state index contributed by atoms with van der Waals surface area (Å²) in [5.74, 6) is -1.93.